The summed E-state index contributed by atoms with van der Waals surface area (Å²) in [5.41, 5.74) is 3.08. The van der Waals surface area contributed by atoms with Crippen molar-refractivity contribution in [3.05, 3.63) is 39.9 Å². The summed E-state index contributed by atoms with van der Waals surface area (Å²) in [7, 11) is 0. The van der Waals surface area contributed by atoms with E-state index < -0.39 is 4.92 Å². The Morgan fingerprint density at radius 1 is 1.38 bits per heavy atom. The Morgan fingerprint density at radius 2 is 2.14 bits per heavy atom. The summed E-state index contributed by atoms with van der Waals surface area (Å²) in [5.74, 6) is 6.54. The van der Waals surface area contributed by atoms with Crippen LogP contribution in [0.25, 0.3) is 0 Å². The molecule has 0 saturated carbocycles. The molecule has 8 nitrogen and oxygen atoms in total. The Kier molecular flexibility index (Phi) is 4.55. The molecule has 0 amide bonds. The van der Waals surface area contributed by atoms with Crippen LogP contribution in [0.2, 0.25) is 0 Å². The third-order valence-corrected chi connectivity index (χ3v) is 3.14. The summed E-state index contributed by atoms with van der Waals surface area (Å²) in [6, 6.07) is 5.89. The van der Waals surface area contributed by atoms with Crippen LogP contribution >= 0.6 is 11.8 Å². The van der Waals surface area contributed by atoms with Gasteiger partial charge in [0, 0.05) is 18.2 Å². The first-order chi connectivity index (χ1) is 10.0. The molecule has 0 fully saturated rings. The van der Waals surface area contributed by atoms with Crippen LogP contribution in [0.15, 0.2) is 29.4 Å². The maximum absolute atomic E-state index is 10.7. The van der Waals surface area contributed by atoms with Gasteiger partial charge in [-0.25, -0.2) is 10.8 Å². The molecule has 0 atom stereocenters. The fraction of sp³-hybridized carbons (Fsp3) is 0.167. The van der Waals surface area contributed by atoms with Crippen molar-refractivity contribution in [1.29, 1.82) is 0 Å². The van der Waals surface area contributed by atoms with Gasteiger partial charge in [-0.3, -0.25) is 10.1 Å². The molecular weight excluding hydrogens is 294 g/mol. The standard InChI is InChI=1S/C12H13N5O3S/c1-7-5-8(17(18)19)3-4-9(7)20-11-6-10(16-13)14-12(15-11)21-2/h3-6H,13H2,1-2H3,(H,14,15,16). The number of nitrogens with zero attached hydrogens (tertiary/aromatic N) is 3. The fourth-order valence-corrected chi connectivity index (χ4v) is 1.97. The monoisotopic (exact) mass is 307 g/mol. The van der Waals surface area contributed by atoms with E-state index in [0.717, 1.165) is 0 Å². The SMILES string of the molecule is CSc1nc(NN)cc(Oc2ccc([N+](=O)[O-])cc2C)n1. The fourth-order valence-electron chi connectivity index (χ4n) is 1.60. The van der Waals surface area contributed by atoms with Gasteiger partial charge in [0.1, 0.15) is 11.6 Å². The van der Waals surface area contributed by atoms with Crippen molar-refractivity contribution in [2.24, 2.45) is 5.84 Å². The molecule has 1 aromatic carbocycles. The number of ether oxygens (including phenoxy) is 1. The number of hydrazine groups is 1. The summed E-state index contributed by atoms with van der Waals surface area (Å²) >= 11 is 1.35. The first-order valence-electron chi connectivity index (χ1n) is 5.86. The van der Waals surface area contributed by atoms with Crippen LogP contribution in [0.3, 0.4) is 0 Å². The molecule has 1 aromatic heterocycles. The number of non-ortho nitro benzene ring substituents is 1. The molecule has 2 aromatic rings. The van der Waals surface area contributed by atoms with Crippen LogP contribution in [-0.2, 0) is 0 Å². The number of benzene rings is 1. The van der Waals surface area contributed by atoms with E-state index in [0.29, 0.717) is 28.2 Å². The molecule has 0 unspecified atom stereocenters. The summed E-state index contributed by atoms with van der Waals surface area (Å²) in [5, 5.41) is 11.2. The number of aromatic nitrogens is 2. The number of hydrogen-bond donors (Lipinski definition) is 2. The highest BCUT2D eigenvalue weighted by atomic mass is 32.2. The lowest BCUT2D eigenvalue weighted by molar-refractivity contribution is -0.384. The molecular formula is C12H13N5O3S. The quantitative estimate of drug-likeness (QED) is 0.284. The number of hydrogen-bond acceptors (Lipinski definition) is 8. The van der Waals surface area contributed by atoms with Gasteiger partial charge >= 0.3 is 0 Å². The average molecular weight is 307 g/mol. The van der Waals surface area contributed by atoms with E-state index in [1.807, 2.05) is 6.26 Å². The Morgan fingerprint density at radius 3 is 2.71 bits per heavy atom. The molecule has 21 heavy (non-hydrogen) atoms. The minimum Gasteiger partial charge on any atom is -0.439 e. The van der Waals surface area contributed by atoms with E-state index in [9.17, 15) is 10.1 Å². The minimum atomic E-state index is -0.455. The van der Waals surface area contributed by atoms with Crippen LogP contribution in [0.1, 0.15) is 5.56 Å². The van der Waals surface area contributed by atoms with Crippen LogP contribution in [0.4, 0.5) is 11.5 Å². The van der Waals surface area contributed by atoms with Gasteiger partial charge in [0.15, 0.2) is 5.16 Å². The number of aryl methyl sites for hydroxylation is 1. The van der Waals surface area contributed by atoms with Crippen molar-refractivity contribution in [2.75, 3.05) is 11.7 Å². The Bertz CT molecular complexity index is 658. The predicted molar refractivity (Wildman–Crippen MR) is 79.5 cm³/mol. The summed E-state index contributed by atoms with van der Waals surface area (Å²) in [6.45, 7) is 1.72. The lowest BCUT2D eigenvalue weighted by Gasteiger charge is -2.09. The molecule has 2 rings (SSSR count). The van der Waals surface area contributed by atoms with Gasteiger partial charge in [0.2, 0.25) is 5.88 Å². The van der Waals surface area contributed by atoms with Gasteiger partial charge < -0.3 is 10.2 Å². The molecule has 0 aliphatic carbocycles. The zero-order valence-corrected chi connectivity index (χ0v) is 12.2. The van der Waals surface area contributed by atoms with Crippen molar-refractivity contribution in [3.8, 4) is 11.6 Å². The van der Waals surface area contributed by atoms with Gasteiger partial charge in [-0.2, -0.15) is 4.98 Å². The average Bonchev–Trinajstić information content (AvgIpc) is 2.48. The maximum Gasteiger partial charge on any atom is 0.269 e. The van der Waals surface area contributed by atoms with E-state index in [1.165, 1.54) is 30.0 Å². The highest BCUT2D eigenvalue weighted by Crippen LogP contribution is 2.28. The van der Waals surface area contributed by atoms with Crippen molar-refractivity contribution in [3.63, 3.8) is 0 Å². The molecule has 9 heteroatoms. The van der Waals surface area contributed by atoms with Crippen LogP contribution in [0, 0.1) is 17.0 Å². The maximum atomic E-state index is 10.7. The third-order valence-electron chi connectivity index (χ3n) is 2.60. The number of anilines is 1. The number of nitro groups is 1. The lowest BCUT2D eigenvalue weighted by Crippen LogP contribution is -2.09. The second-order valence-corrected chi connectivity index (χ2v) is 4.80. The second-order valence-electron chi connectivity index (χ2n) is 4.03. The van der Waals surface area contributed by atoms with E-state index in [1.54, 1.807) is 13.0 Å². The minimum absolute atomic E-state index is 0.0108. The van der Waals surface area contributed by atoms with Crippen molar-refractivity contribution in [1.82, 2.24) is 9.97 Å². The summed E-state index contributed by atoms with van der Waals surface area (Å²) < 4.78 is 5.65. The molecule has 0 spiro atoms. The zero-order chi connectivity index (χ0) is 15.4. The van der Waals surface area contributed by atoms with E-state index in [4.69, 9.17) is 10.6 Å². The van der Waals surface area contributed by atoms with Crippen molar-refractivity contribution in [2.45, 2.75) is 12.1 Å². The molecule has 1 heterocycles. The Labute approximate surface area is 124 Å². The smallest absolute Gasteiger partial charge is 0.269 e. The number of nitrogens with two attached hydrogens (primary N) is 1. The van der Waals surface area contributed by atoms with Gasteiger partial charge in [0.05, 0.1) is 4.92 Å². The highest BCUT2D eigenvalue weighted by molar-refractivity contribution is 7.98. The largest absolute Gasteiger partial charge is 0.439 e. The number of nitrogen functional groups attached to an aromatic ring is 1. The number of nitro benzene ring substituents is 1. The Hall–Kier alpha value is -2.39. The van der Waals surface area contributed by atoms with Gasteiger partial charge in [0.25, 0.3) is 5.69 Å². The molecule has 3 N–H and O–H groups in total. The van der Waals surface area contributed by atoms with Crippen molar-refractivity contribution < 1.29 is 9.66 Å². The molecule has 0 bridgehead atoms. The zero-order valence-electron chi connectivity index (χ0n) is 11.4. The molecule has 0 aliphatic rings. The van der Waals surface area contributed by atoms with E-state index >= 15 is 0 Å². The van der Waals surface area contributed by atoms with E-state index in [-0.39, 0.29) is 5.69 Å². The number of thioether (sulfide) groups is 1. The van der Waals surface area contributed by atoms with Gasteiger partial charge in [-0.1, -0.05) is 11.8 Å². The third kappa shape index (κ3) is 3.58. The predicted octanol–water partition coefficient (Wildman–Crippen LogP) is 2.49. The van der Waals surface area contributed by atoms with Crippen LogP contribution in [-0.4, -0.2) is 21.1 Å². The molecule has 0 saturated heterocycles. The summed E-state index contributed by atoms with van der Waals surface area (Å²) in [4.78, 5) is 18.6. The molecule has 0 radical (unpaired) electrons. The van der Waals surface area contributed by atoms with Gasteiger partial charge in [-0.15, -0.1) is 0 Å². The topological polar surface area (TPSA) is 116 Å². The highest BCUT2D eigenvalue weighted by Gasteiger charge is 2.11. The second kappa shape index (κ2) is 6.37. The van der Waals surface area contributed by atoms with E-state index in [2.05, 4.69) is 15.4 Å². The first kappa shape index (κ1) is 15.0. The molecule has 0 aliphatic heterocycles. The first-order valence-corrected chi connectivity index (χ1v) is 7.08. The lowest BCUT2D eigenvalue weighted by atomic mass is 10.2. The van der Waals surface area contributed by atoms with Crippen molar-refractivity contribution >= 4 is 23.3 Å². The van der Waals surface area contributed by atoms with Crippen LogP contribution < -0.4 is 16.0 Å². The Balaban J connectivity index is 2.31. The number of nitrogens with one attached hydrogen (secondary N) is 1. The normalized spacial score (nSPS) is 10.2. The summed E-state index contributed by atoms with van der Waals surface area (Å²) in [6.07, 6.45) is 1.83. The van der Waals surface area contributed by atoms with Gasteiger partial charge in [-0.05, 0) is 24.8 Å². The van der Waals surface area contributed by atoms with Crippen LogP contribution in [0.5, 0.6) is 11.6 Å². The number of rotatable bonds is 5. The molecule has 110 valence electrons.